The standard InChI is InChI=1S/C16H22ClN3/c1-3-7-18-12-14-6-5-13(11-15(14)17)16-19-8-10-20(16)9-4-2/h5-6,8,10-11,18H,3-4,7,9,12H2,1-2H3. The average molecular weight is 292 g/mol. The van der Waals surface area contributed by atoms with E-state index >= 15 is 0 Å². The molecular weight excluding hydrogens is 270 g/mol. The van der Waals surface area contributed by atoms with Gasteiger partial charge in [0.1, 0.15) is 5.82 Å². The zero-order valence-corrected chi connectivity index (χ0v) is 13.0. The van der Waals surface area contributed by atoms with Crippen LogP contribution in [0.1, 0.15) is 32.3 Å². The van der Waals surface area contributed by atoms with Crippen molar-refractivity contribution in [3.05, 3.63) is 41.2 Å². The molecule has 0 bridgehead atoms. The first kappa shape index (κ1) is 15.1. The number of hydrogen-bond donors (Lipinski definition) is 1. The van der Waals surface area contributed by atoms with Gasteiger partial charge in [0.05, 0.1) is 0 Å². The maximum absolute atomic E-state index is 6.38. The van der Waals surface area contributed by atoms with Crippen molar-refractivity contribution < 1.29 is 0 Å². The van der Waals surface area contributed by atoms with Crippen molar-refractivity contribution >= 4 is 11.6 Å². The first-order valence-electron chi connectivity index (χ1n) is 7.27. The number of imidazole rings is 1. The third-order valence-corrected chi connectivity index (χ3v) is 3.59. The highest BCUT2D eigenvalue weighted by Crippen LogP contribution is 2.25. The summed E-state index contributed by atoms with van der Waals surface area (Å²) in [5.41, 5.74) is 2.21. The molecule has 1 heterocycles. The fraction of sp³-hybridized carbons (Fsp3) is 0.438. The maximum atomic E-state index is 6.38. The summed E-state index contributed by atoms with van der Waals surface area (Å²) in [6.07, 6.45) is 6.08. The number of rotatable bonds is 7. The van der Waals surface area contributed by atoms with Crippen molar-refractivity contribution in [2.24, 2.45) is 0 Å². The fourth-order valence-electron chi connectivity index (χ4n) is 2.22. The number of aryl methyl sites for hydroxylation is 1. The lowest BCUT2D eigenvalue weighted by Crippen LogP contribution is -2.14. The van der Waals surface area contributed by atoms with Crippen LogP contribution in [0.15, 0.2) is 30.6 Å². The molecule has 0 fully saturated rings. The summed E-state index contributed by atoms with van der Waals surface area (Å²) in [4.78, 5) is 4.44. The Kier molecular flexibility index (Phi) is 5.62. The van der Waals surface area contributed by atoms with Crippen molar-refractivity contribution in [3.8, 4) is 11.4 Å². The Bertz CT molecular complexity index is 548. The van der Waals surface area contributed by atoms with Gasteiger partial charge < -0.3 is 9.88 Å². The molecule has 20 heavy (non-hydrogen) atoms. The minimum Gasteiger partial charge on any atom is -0.331 e. The average Bonchev–Trinajstić information content (AvgIpc) is 2.89. The highest BCUT2D eigenvalue weighted by Gasteiger charge is 2.08. The van der Waals surface area contributed by atoms with Gasteiger partial charge in [-0.1, -0.05) is 37.6 Å². The van der Waals surface area contributed by atoms with Crippen LogP contribution in [0, 0.1) is 0 Å². The smallest absolute Gasteiger partial charge is 0.139 e. The molecule has 0 spiro atoms. The van der Waals surface area contributed by atoms with Crippen LogP contribution in [-0.4, -0.2) is 16.1 Å². The second-order valence-corrected chi connectivity index (χ2v) is 5.33. The minimum atomic E-state index is 0.803. The van der Waals surface area contributed by atoms with E-state index in [4.69, 9.17) is 11.6 Å². The zero-order valence-electron chi connectivity index (χ0n) is 12.2. The summed E-state index contributed by atoms with van der Waals surface area (Å²) in [5.74, 6) is 0.988. The van der Waals surface area contributed by atoms with Gasteiger partial charge >= 0.3 is 0 Å². The molecule has 108 valence electrons. The second kappa shape index (κ2) is 7.46. The van der Waals surface area contributed by atoms with E-state index in [1.54, 1.807) is 0 Å². The summed E-state index contributed by atoms with van der Waals surface area (Å²) in [7, 11) is 0. The van der Waals surface area contributed by atoms with Gasteiger partial charge in [0.25, 0.3) is 0 Å². The number of halogens is 1. The van der Waals surface area contributed by atoms with Gasteiger partial charge in [0, 0.05) is 36.1 Å². The van der Waals surface area contributed by atoms with Gasteiger partial charge in [-0.15, -0.1) is 0 Å². The Balaban J connectivity index is 2.17. The summed E-state index contributed by atoms with van der Waals surface area (Å²) in [5, 5.41) is 4.18. The Morgan fingerprint density at radius 1 is 1.25 bits per heavy atom. The van der Waals surface area contributed by atoms with E-state index in [2.05, 4.69) is 40.8 Å². The third-order valence-electron chi connectivity index (χ3n) is 3.23. The van der Waals surface area contributed by atoms with Gasteiger partial charge in [-0.05, 0) is 31.0 Å². The van der Waals surface area contributed by atoms with Crippen molar-refractivity contribution in [1.29, 1.82) is 0 Å². The SMILES string of the molecule is CCCNCc1ccc(-c2nccn2CCC)cc1Cl. The van der Waals surface area contributed by atoms with Crippen molar-refractivity contribution in [2.45, 2.75) is 39.8 Å². The van der Waals surface area contributed by atoms with Crippen LogP contribution >= 0.6 is 11.6 Å². The van der Waals surface area contributed by atoms with E-state index in [0.29, 0.717) is 0 Å². The first-order chi connectivity index (χ1) is 9.76. The zero-order chi connectivity index (χ0) is 14.4. The Morgan fingerprint density at radius 2 is 2.10 bits per heavy atom. The molecule has 0 aliphatic carbocycles. The number of nitrogens with one attached hydrogen (secondary N) is 1. The Labute approximate surface area is 126 Å². The van der Waals surface area contributed by atoms with Crippen LogP contribution in [0.2, 0.25) is 5.02 Å². The van der Waals surface area contributed by atoms with Crippen LogP contribution in [0.4, 0.5) is 0 Å². The van der Waals surface area contributed by atoms with Crippen LogP contribution in [0.3, 0.4) is 0 Å². The van der Waals surface area contributed by atoms with Gasteiger partial charge in [0.15, 0.2) is 0 Å². The van der Waals surface area contributed by atoms with Crippen molar-refractivity contribution in [1.82, 2.24) is 14.9 Å². The van der Waals surface area contributed by atoms with Crippen molar-refractivity contribution in [3.63, 3.8) is 0 Å². The van der Waals surface area contributed by atoms with Crippen LogP contribution < -0.4 is 5.32 Å². The van der Waals surface area contributed by atoms with E-state index < -0.39 is 0 Å². The predicted octanol–water partition coefficient (Wildman–Crippen LogP) is 4.11. The number of aromatic nitrogens is 2. The lowest BCUT2D eigenvalue weighted by Gasteiger charge is -2.10. The molecule has 1 aromatic heterocycles. The second-order valence-electron chi connectivity index (χ2n) is 4.93. The molecule has 2 rings (SSSR count). The molecule has 1 aromatic carbocycles. The molecule has 0 atom stereocenters. The normalized spacial score (nSPS) is 10.9. The number of benzene rings is 1. The lowest BCUT2D eigenvalue weighted by atomic mass is 10.1. The third kappa shape index (κ3) is 3.62. The van der Waals surface area contributed by atoms with E-state index in [1.807, 2.05) is 18.5 Å². The van der Waals surface area contributed by atoms with Gasteiger partial charge in [-0.3, -0.25) is 0 Å². The molecular formula is C16H22ClN3. The van der Waals surface area contributed by atoms with Crippen LogP contribution in [0.25, 0.3) is 11.4 Å². The highest BCUT2D eigenvalue weighted by atomic mass is 35.5. The van der Waals surface area contributed by atoms with Crippen molar-refractivity contribution in [2.75, 3.05) is 6.54 Å². The molecule has 0 radical (unpaired) electrons. The maximum Gasteiger partial charge on any atom is 0.139 e. The first-order valence-corrected chi connectivity index (χ1v) is 7.64. The molecule has 4 heteroatoms. The molecule has 1 N–H and O–H groups in total. The van der Waals surface area contributed by atoms with Gasteiger partial charge in [-0.25, -0.2) is 4.98 Å². The predicted molar refractivity (Wildman–Crippen MR) is 85.0 cm³/mol. The highest BCUT2D eigenvalue weighted by molar-refractivity contribution is 6.31. The number of nitrogens with zero attached hydrogens (tertiary/aromatic N) is 2. The monoisotopic (exact) mass is 291 g/mol. The summed E-state index contributed by atoms with van der Waals surface area (Å²) in [6, 6.07) is 6.20. The molecule has 0 aliphatic heterocycles. The van der Waals surface area contributed by atoms with Gasteiger partial charge in [0.2, 0.25) is 0 Å². The molecule has 2 aromatic rings. The largest absolute Gasteiger partial charge is 0.331 e. The lowest BCUT2D eigenvalue weighted by molar-refractivity contribution is 0.675. The Hall–Kier alpha value is -1.32. The fourth-order valence-corrected chi connectivity index (χ4v) is 2.47. The minimum absolute atomic E-state index is 0.803. The molecule has 0 saturated heterocycles. The van der Waals surface area contributed by atoms with E-state index in [0.717, 1.165) is 54.4 Å². The topological polar surface area (TPSA) is 29.9 Å². The van der Waals surface area contributed by atoms with E-state index in [1.165, 1.54) is 0 Å². The molecule has 0 saturated carbocycles. The van der Waals surface area contributed by atoms with Crippen LogP contribution in [0.5, 0.6) is 0 Å². The molecule has 0 amide bonds. The van der Waals surface area contributed by atoms with Gasteiger partial charge in [-0.2, -0.15) is 0 Å². The van der Waals surface area contributed by atoms with Crippen LogP contribution in [-0.2, 0) is 13.1 Å². The Morgan fingerprint density at radius 3 is 2.80 bits per heavy atom. The van der Waals surface area contributed by atoms with E-state index in [9.17, 15) is 0 Å². The molecule has 0 unspecified atom stereocenters. The summed E-state index contributed by atoms with van der Waals surface area (Å²) < 4.78 is 2.17. The summed E-state index contributed by atoms with van der Waals surface area (Å²) in [6.45, 7) is 7.13. The molecule has 0 aliphatic rings. The quantitative estimate of drug-likeness (QED) is 0.778. The number of hydrogen-bond acceptors (Lipinski definition) is 2. The van der Waals surface area contributed by atoms with E-state index in [-0.39, 0.29) is 0 Å². The summed E-state index contributed by atoms with van der Waals surface area (Å²) >= 11 is 6.38. The molecule has 3 nitrogen and oxygen atoms in total.